The molecule has 0 spiro atoms. The average Bonchev–Trinajstić information content (AvgIpc) is 3.36. The number of nitrogens with one attached hydrogen (secondary N) is 2. The van der Waals surface area contributed by atoms with Gasteiger partial charge in [0.05, 0.1) is 12.6 Å². The van der Waals surface area contributed by atoms with Crippen molar-refractivity contribution in [2.24, 2.45) is 0 Å². The molecule has 0 unspecified atom stereocenters. The van der Waals surface area contributed by atoms with Crippen molar-refractivity contribution < 1.29 is 9.59 Å². The molecule has 0 aliphatic carbocycles. The van der Waals surface area contributed by atoms with E-state index in [0.29, 0.717) is 29.7 Å². The van der Waals surface area contributed by atoms with E-state index in [9.17, 15) is 9.59 Å². The molecule has 0 saturated carbocycles. The lowest BCUT2D eigenvalue weighted by Crippen LogP contribution is -2.52. The quantitative estimate of drug-likeness (QED) is 0.636. The van der Waals surface area contributed by atoms with Crippen LogP contribution in [-0.4, -0.2) is 57.9 Å². The van der Waals surface area contributed by atoms with Crippen LogP contribution in [0.2, 0.25) is 5.02 Å². The summed E-state index contributed by atoms with van der Waals surface area (Å²) >= 11 is 7.44. The normalized spacial score (nSPS) is 16.6. The molecule has 30 heavy (non-hydrogen) atoms. The minimum absolute atomic E-state index is 0.0229. The second-order valence-electron chi connectivity index (χ2n) is 7.62. The molecule has 0 radical (unpaired) electrons. The van der Waals surface area contributed by atoms with Gasteiger partial charge in [0.25, 0.3) is 5.91 Å². The number of aromatic amines is 1. The number of halogens is 1. The number of likely N-dealkylation sites (tertiary alicyclic amines) is 1. The SMILES string of the molecule is Cc1cnc(C(=O)N2CCC[C@@H](N(C)C(=O)NCc3cc4cc(Cl)ccc4[nH]3)C2)s1. The van der Waals surface area contributed by atoms with Crippen LogP contribution in [0.25, 0.3) is 10.9 Å². The predicted molar refractivity (Wildman–Crippen MR) is 119 cm³/mol. The third-order valence-electron chi connectivity index (χ3n) is 5.42. The Hall–Kier alpha value is -2.58. The highest BCUT2D eigenvalue weighted by atomic mass is 35.5. The van der Waals surface area contributed by atoms with Crippen molar-refractivity contribution in [3.8, 4) is 0 Å². The van der Waals surface area contributed by atoms with Crippen molar-refractivity contribution in [2.45, 2.75) is 32.4 Å². The van der Waals surface area contributed by atoms with Gasteiger partial charge in [-0.25, -0.2) is 9.78 Å². The monoisotopic (exact) mass is 445 g/mol. The maximum atomic E-state index is 12.7. The summed E-state index contributed by atoms with van der Waals surface area (Å²) in [5.41, 5.74) is 1.89. The number of carbonyl (C=O) groups excluding carboxylic acids is 2. The number of hydrogen-bond donors (Lipinski definition) is 2. The number of likely N-dealkylation sites (N-methyl/N-ethyl adjacent to an activating group) is 1. The lowest BCUT2D eigenvalue weighted by molar-refractivity contribution is 0.0636. The Kier molecular flexibility index (Phi) is 5.97. The van der Waals surface area contributed by atoms with Gasteiger partial charge in [0.2, 0.25) is 0 Å². The lowest BCUT2D eigenvalue weighted by Gasteiger charge is -2.37. The topological polar surface area (TPSA) is 81.3 Å². The molecule has 3 amide bonds. The van der Waals surface area contributed by atoms with Gasteiger partial charge in [-0.2, -0.15) is 0 Å². The zero-order chi connectivity index (χ0) is 21.3. The van der Waals surface area contributed by atoms with Crippen molar-refractivity contribution >= 4 is 45.8 Å². The molecule has 4 rings (SSSR count). The van der Waals surface area contributed by atoms with Crippen molar-refractivity contribution in [3.05, 3.63) is 51.1 Å². The summed E-state index contributed by atoms with van der Waals surface area (Å²) in [5.74, 6) is -0.0525. The van der Waals surface area contributed by atoms with Crippen molar-refractivity contribution in [1.29, 1.82) is 0 Å². The van der Waals surface area contributed by atoms with Gasteiger partial charge >= 0.3 is 6.03 Å². The number of carbonyl (C=O) groups is 2. The van der Waals surface area contributed by atoms with E-state index in [1.807, 2.05) is 31.2 Å². The Balaban J connectivity index is 1.35. The summed E-state index contributed by atoms with van der Waals surface area (Å²) in [6.45, 7) is 3.55. The first kappa shape index (κ1) is 20.7. The Morgan fingerprint density at radius 1 is 1.40 bits per heavy atom. The number of rotatable bonds is 4. The van der Waals surface area contributed by atoms with Gasteiger partial charge in [0.15, 0.2) is 5.01 Å². The standard InChI is InChI=1S/C21H24ClN5O2S/c1-13-10-23-19(30-13)20(28)27-7-3-4-17(12-27)26(2)21(29)24-11-16-9-14-8-15(22)5-6-18(14)25-16/h5-6,8-10,17,25H,3-4,7,11-12H2,1-2H3,(H,24,29)/t17-/m1/s1. The highest BCUT2D eigenvalue weighted by Crippen LogP contribution is 2.21. The summed E-state index contributed by atoms with van der Waals surface area (Å²) in [5, 5.41) is 5.17. The smallest absolute Gasteiger partial charge is 0.317 e. The summed E-state index contributed by atoms with van der Waals surface area (Å²) in [7, 11) is 1.78. The minimum atomic E-state index is -0.156. The second kappa shape index (κ2) is 8.65. The molecule has 2 aromatic heterocycles. The summed E-state index contributed by atoms with van der Waals surface area (Å²) < 4.78 is 0. The zero-order valence-electron chi connectivity index (χ0n) is 16.9. The van der Waals surface area contributed by atoms with E-state index in [-0.39, 0.29) is 18.0 Å². The lowest BCUT2D eigenvalue weighted by atomic mass is 10.0. The van der Waals surface area contributed by atoms with Crippen molar-refractivity contribution in [2.75, 3.05) is 20.1 Å². The molecule has 1 aliphatic heterocycles. The highest BCUT2D eigenvalue weighted by Gasteiger charge is 2.30. The number of benzene rings is 1. The molecular weight excluding hydrogens is 422 g/mol. The Morgan fingerprint density at radius 3 is 3.00 bits per heavy atom. The number of urea groups is 1. The van der Waals surface area contributed by atoms with Gasteiger partial charge in [-0.3, -0.25) is 4.79 Å². The fraction of sp³-hybridized carbons (Fsp3) is 0.381. The molecule has 3 aromatic rings. The van der Waals surface area contributed by atoms with Crippen LogP contribution in [0.5, 0.6) is 0 Å². The Labute approximate surface area is 184 Å². The third kappa shape index (κ3) is 4.44. The Morgan fingerprint density at radius 2 is 2.23 bits per heavy atom. The van der Waals surface area contributed by atoms with Crippen molar-refractivity contribution in [3.63, 3.8) is 0 Å². The minimum Gasteiger partial charge on any atom is -0.357 e. The second-order valence-corrected chi connectivity index (χ2v) is 9.29. The maximum Gasteiger partial charge on any atom is 0.317 e. The molecule has 1 aliphatic rings. The van der Waals surface area contributed by atoms with E-state index in [4.69, 9.17) is 11.6 Å². The van der Waals surface area contributed by atoms with Gasteiger partial charge in [-0.15, -0.1) is 11.3 Å². The molecule has 0 bridgehead atoms. The number of H-pyrrole nitrogens is 1. The molecule has 7 nitrogen and oxygen atoms in total. The number of hydrogen-bond acceptors (Lipinski definition) is 4. The predicted octanol–water partition coefficient (Wildman–Crippen LogP) is 4.03. The maximum absolute atomic E-state index is 12.7. The summed E-state index contributed by atoms with van der Waals surface area (Å²) in [6, 6.07) is 7.45. The van der Waals surface area contributed by atoms with E-state index >= 15 is 0 Å². The van der Waals surface area contributed by atoms with Crippen LogP contribution in [0.3, 0.4) is 0 Å². The van der Waals surface area contributed by atoms with Crippen molar-refractivity contribution in [1.82, 2.24) is 25.1 Å². The molecule has 1 fully saturated rings. The number of aromatic nitrogens is 2. The zero-order valence-corrected chi connectivity index (χ0v) is 18.5. The number of nitrogens with zero attached hydrogens (tertiary/aromatic N) is 3. The van der Waals surface area contributed by atoms with E-state index < -0.39 is 0 Å². The molecule has 1 aromatic carbocycles. The van der Waals surface area contributed by atoms with Gasteiger partial charge in [0, 0.05) is 52.8 Å². The summed E-state index contributed by atoms with van der Waals surface area (Å²) in [6.07, 6.45) is 3.45. The number of aryl methyl sites for hydroxylation is 1. The molecule has 158 valence electrons. The molecule has 1 atom stereocenters. The van der Waals surface area contributed by atoms with Crippen LogP contribution in [0, 0.1) is 6.92 Å². The van der Waals surface area contributed by atoms with E-state index in [0.717, 1.165) is 34.3 Å². The van der Waals surface area contributed by atoms with Gasteiger partial charge < -0.3 is 20.1 Å². The average molecular weight is 446 g/mol. The molecular formula is C21H24ClN5O2S. The van der Waals surface area contributed by atoms with E-state index in [2.05, 4.69) is 15.3 Å². The first-order valence-corrected chi connectivity index (χ1v) is 11.1. The van der Waals surface area contributed by atoms with Crippen LogP contribution in [0.4, 0.5) is 4.79 Å². The van der Waals surface area contributed by atoms with E-state index in [1.165, 1.54) is 11.3 Å². The van der Waals surface area contributed by atoms with Gasteiger partial charge in [0.1, 0.15) is 0 Å². The fourth-order valence-electron chi connectivity index (χ4n) is 3.76. The number of thiazole rings is 1. The van der Waals surface area contributed by atoms with E-state index in [1.54, 1.807) is 23.0 Å². The molecule has 9 heteroatoms. The van der Waals surface area contributed by atoms with Gasteiger partial charge in [-0.05, 0) is 44.0 Å². The fourth-order valence-corrected chi connectivity index (χ4v) is 4.68. The van der Waals surface area contributed by atoms with Crippen LogP contribution in [-0.2, 0) is 6.54 Å². The Bertz CT molecular complexity index is 1080. The summed E-state index contributed by atoms with van der Waals surface area (Å²) in [4.78, 5) is 37.4. The molecule has 3 heterocycles. The number of fused-ring (bicyclic) bond motifs is 1. The van der Waals surface area contributed by atoms with Crippen LogP contribution >= 0.6 is 22.9 Å². The highest BCUT2D eigenvalue weighted by molar-refractivity contribution is 7.13. The van der Waals surface area contributed by atoms with Gasteiger partial charge in [-0.1, -0.05) is 11.6 Å². The largest absolute Gasteiger partial charge is 0.357 e. The molecule has 2 N–H and O–H groups in total. The first-order chi connectivity index (χ1) is 14.4. The first-order valence-electron chi connectivity index (χ1n) is 9.90. The van der Waals surface area contributed by atoms with Crippen LogP contribution < -0.4 is 5.32 Å². The van der Waals surface area contributed by atoms with Crippen LogP contribution in [0.1, 0.15) is 33.2 Å². The number of piperidine rings is 1. The van der Waals surface area contributed by atoms with Crippen LogP contribution in [0.15, 0.2) is 30.5 Å². The number of amides is 3. The third-order valence-corrected chi connectivity index (χ3v) is 6.56. The molecule has 1 saturated heterocycles.